The topological polar surface area (TPSA) is 50.9 Å². The van der Waals surface area contributed by atoms with Crippen LogP contribution in [0.15, 0.2) is 12.1 Å². The highest BCUT2D eigenvalue weighted by Crippen LogP contribution is 2.33. The summed E-state index contributed by atoms with van der Waals surface area (Å²) in [6.45, 7) is 2.04. The summed E-state index contributed by atoms with van der Waals surface area (Å²) in [4.78, 5) is 4.55. The van der Waals surface area contributed by atoms with Crippen LogP contribution in [-0.2, 0) is 0 Å². The van der Waals surface area contributed by atoms with E-state index in [4.69, 9.17) is 5.73 Å². The van der Waals surface area contributed by atoms with E-state index in [0.717, 1.165) is 27.1 Å². The molecule has 3 nitrogen and oxygen atoms in total. The van der Waals surface area contributed by atoms with Crippen LogP contribution in [0.5, 0.6) is 0 Å². The minimum Gasteiger partial charge on any atom is -0.397 e. The zero-order valence-electron chi connectivity index (χ0n) is 12.0. The zero-order chi connectivity index (χ0) is 14.1. The molecule has 1 aromatic heterocycles. The van der Waals surface area contributed by atoms with Crippen molar-refractivity contribution >= 4 is 44.7 Å². The van der Waals surface area contributed by atoms with Crippen molar-refractivity contribution in [3.8, 4) is 0 Å². The molecule has 0 atom stereocenters. The summed E-state index contributed by atoms with van der Waals surface area (Å²) in [5.74, 6) is 0. The number of anilines is 2. The molecule has 0 unspecified atom stereocenters. The fourth-order valence-corrected chi connectivity index (χ4v) is 4.49. The van der Waals surface area contributed by atoms with Crippen LogP contribution < -0.4 is 11.1 Å². The highest BCUT2D eigenvalue weighted by atomic mass is 32.2. The summed E-state index contributed by atoms with van der Waals surface area (Å²) in [5.41, 5.74) is 9.13. The highest BCUT2D eigenvalue weighted by molar-refractivity contribution is 7.99. The normalized spacial score (nSPS) is 23.1. The van der Waals surface area contributed by atoms with Crippen LogP contribution >= 0.6 is 23.1 Å². The number of aromatic nitrogens is 1. The van der Waals surface area contributed by atoms with Crippen molar-refractivity contribution in [2.24, 2.45) is 0 Å². The first-order valence-corrected chi connectivity index (χ1v) is 9.22. The van der Waals surface area contributed by atoms with Gasteiger partial charge in [0.2, 0.25) is 0 Å². The van der Waals surface area contributed by atoms with Crippen LogP contribution in [0.2, 0.25) is 0 Å². The summed E-state index contributed by atoms with van der Waals surface area (Å²) in [5, 5.41) is 5.56. The van der Waals surface area contributed by atoms with Crippen molar-refractivity contribution in [3.05, 3.63) is 17.1 Å². The molecule has 20 heavy (non-hydrogen) atoms. The van der Waals surface area contributed by atoms with E-state index in [0.29, 0.717) is 6.04 Å². The molecule has 0 aliphatic heterocycles. The molecule has 0 amide bonds. The number of aryl methyl sites for hydroxylation is 1. The molecule has 3 rings (SSSR count). The summed E-state index contributed by atoms with van der Waals surface area (Å²) < 4.78 is 1.18. The summed E-state index contributed by atoms with van der Waals surface area (Å²) in [6, 6.07) is 4.71. The van der Waals surface area contributed by atoms with Gasteiger partial charge in [0, 0.05) is 11.3 Å². The van der Waals surface area contributed by atoms with Gasteiger partial charge in [-0.2, -0.15) is 11.8 Å². The van der Waals surface area contributed by atoms with Crippen LogP contribution in [0.3, 0.4) is 0 Å². The Morgan fingerprint density at radius 2 is 2.05 bits per heavy atom. The monoisotopic (exact) mass is 307 g/mol. The third-order valence-electron chi connectivity index (χ3n) is 4.03. The third kappa shape index (κ3) is 2.88. The second kappa shape index (κ2) is 5.82. The van der Waals surface area contributed by atoms with Gasteiger partial charge in [0.25, 0.3) is 0 Å². The zero-order valence-corrected chi connectivity index (χ0v) is 13.6. The number of nitrogens with two attached hydrogens (primary N) is 1. The predicted molar refractivity (Wildman–Crippen MR) is 92.0 cm³/mol. The Morgan fingerprint density at radius 3 is 2.75 bits per heavy atom. The molecule has 3 N–H and O–H groups in total. The maximum atomic E-state index is 6.18. The largest absolute Gasteiger partial charge is 0.397 e. The Balaban J connectivity index is 1.75. The number of thioether (sulfide) groups is 1. The fraction of sp³-hybridized carbons (Fsp3) is 0.533. The van der Waals surface area contributed by atoms with E-state index in [1.54, 1.807) is 11.3 Å². The second-order valence-electron chi connectivity index (χ2n) is 5.49. The molecule has 1 aliphatic rings. The third-order valence-corrected chi connectivity index (χ3v) is 6.11. The van der Waals surface area contributed by atoms with Gasteiger partial charge < -0.3 is 11.1 Å². The van der Waals surface area contributed by atoms with Gasteiger partial charge >= 0.3 is 0 Å². The van der Waals surface area contributed by atoms with E-state index in [9.17, 15) is 0 Å². The molecular weight excluding hydrogens is 286 g/mol. The van der Waals surface area contributed by atoms with Crippen molar-refractivity contribution in [1.82, 2.24) is 4.98 Å². The van der Waals surface area contributed by atoms with E-state index in [2.05, 4.69) is 28.7 Å². The first kappa shape index (κ1) is 14.0. The molecule has 5 heteroatoms. The number of nitrogens with zero attached hydrogens (tertiary/aromatic N) is 1. The lowest BCUT2D eigenvalue weighted by atomic mass is 9.94. The number of nitrogen functional groups attached to an aromatic ring is 1. The maximum absolute atomic E-state index is 6.18. The molecule has 0 saturated heterocycles. The fourth-order valence-electron chi connectivity index (χ4n) is 2.89. The van der Waals surface area contributed by atoms with Crippen LogP contribution in [0.1, 0.15) is 30.7 Å². The Labute approximate surface area is 128 Å². The number of nitrogens with one attached hydrogen (secondary N) is 1. The Hall–Kier alpha value is -0.940. The SMILES string of the molecule is CSC1CCC(Nc2cc3nc(C)sc3cc2N)CC1. The van der Waals surface area contributed by atoms with Crippen LogP contribution in [0, 0.1) is 6.92 Å². The van der Waals surface area contributed by atoms with Gasteiger partial charge in [-0.1, -0.05) is 0 Å². The lowest BCUT2D eigenvalue weighted by Gasteiger charge is -2.29. The molecule has 1 fully saturated rings. The number of benzene rings is 1. The first-order chi connectivity index (χ1) is 9.65. The second-order valence-corrected chi connectivity index (χ2v) is 7.87. The van der Waals surface area contributed by atoms with Gasteiger partial charge in [0.15, 0.2) is 0 Å². The molecule has 0 radical (unpaired) electrons. The average Bonchev–Trinajstić information content (AvgIpc) is 2.79. The molecule has 108 valence electrons. The minimum atomic E-state index is 0.554. The van der Waals surface area contributed by atoms with E-state index in [1.807, 2.05) is 18.7 Å². The van der Waals surface area contributed by atoms with E-state index < -0.39 is 0 Å². The van der Waals surface area contributed by atoms with E-state index >= 15 is 0 Å². The first-order valence-electron chi connectivity index (χ1n) is 7.11. The predicted octanol–water partition coefficient (Wildman–Crippen LogP) is 4.27. The van der Waals surface area contributed by atoms with Crippen molar-refractivity contribution in [3.63, 3.8) is 0 Å². The van der Waals surface area contributed by atoms with Crippen molar-refractivity contribution in [1.29, 1.82) is 0 Å². The Bertz CT molecular complexity index is 600. The molecule has 1 heterocycles. The van der Waals surface area contributed by atoms with Gasteiger partial charge in [-0.25, -0.2) is 4.98 Å². The molecule has 1 saturated carbocycles. The lowest BCUT2D eigenvalue weighted by Crippen LogP contribution is -2.27. The maximum Gasteiger partial charge on any atom is 0.0907 e. The Morgan fingerprint density at radius 1 is 1.30 bits per heavy atom. The van der Waals surface area contributed by atoms with Gasteiger partial charge in [-0.15, -0.1) is 11.3 Å². The molecular formula is C15H21N3S2. The van der Waals surface area contributed by atoms with Gasteiger partial charge in [-0.05, 0) is 51.0 Å². The van der Waals surface area contributed by atoms with E-state index in [-0.39, 0.29) is 0 Å². The Kier molecular flexibility index (Phi) is 4.08. The molecule has 0 bridgehead atoms. The highest BCUT2D eigenvalue weighted by Gasteiger charge is 2.21. The smallest absolute Gasteiger partial charge is 0.0907 e. The molecule has 1 aliphatic carbocycles. The number of hydrogen-bond acceptors (Lipinski definition) is 5. The van der Waals surface area contributed by atoms with Crippen molar-refractivity contribution in [2.45, 2.75) is 43.9 Å². The number of rotatable bonds is 3. The van der Waals surface area contributed by atoms with Crippen LogP contribution in [0.4, 0.5) is 11.4 Å². The van der Waals surface area contributed by atoms with Crippen molar-refractivity contribution in [2.75, 3.05) is 17.3 Å². The quantitative estimate of drug-likeness (QED) is 0.831. The standard InChI is InChI=1S/C15H21N3S2/c1-9-17-14-8-13(12(16)7-15(14)20-9)18-10-3-5-11(19-2)6-4-10/h7-8,10-11,18H,3-6,16H2,1-2H3. The summed E-state index contributed by atoms with van der Waals surface area (Å²) in [6.07, 6.45) is 7.29. The number of thiazole rings is 1. The summed E-state index contributed by atoms with van der Waals surface area (Å²) >= 11 is 3.70. The average molecular weight is 307 g/mol. The number of fused-ring (bicyclic) bond motifs is 1. The molecule has 0 spiro atoms. The van der Waals surface area contributed by atoms with E-state index in [1.165, 1.54) is 30.4 Å². The molecule has 1 aromatic carbocycles. The molecule has 2 aromatic rings. The summed E-state index contributed by atoms with van der Waals surface area (Å²) in [7, 11) is 0. The number of hydrogen-bond donors (Lipinski definition) is 2. The van der Waals surface area contributed by atoms with Gasteiger partial charge in [0.1, 0.15) is 0 Å². The lowest BCUT2D eigenvalue weighted by molar-refractivity contribution is 0.473. The van der Waals surface area contributed by atoms with Gasteiger partial charge in [-0.3, -0.25) is 0 Å². The van der Waals surface area contributed by atoms with Gasteiger partial charge in [0.05, 0.1) is 26.6 Å². The van der Waals surface area contributed by atoms with Crippen LogP contribution in [0.25, 0.3) is 10.2 Å². The minimum absolute atomic E-state index is 0.554. The van der Waals surface area contributed by atoms with Crippen molar-refractivity contribution < 1.29 is 0 Å². The van der Waals surface area contributed by atoms with Crippen LogP contribution in [-0.4, -0.2) is 22.5 Å².